The summed E-state index contributed by atoms with van der Waals surface area (Å²) in [4.78, 5) is 46.2. The molecule has 0 unspecified atom stereocenters. The first kappa shape index (κ1) is 19.1. The van der Waals surface area contributed by atoms with Gasteiger partial charge >= 0.3 is 5.97 Å². The molecule has 1 aromatic rings. The van der Waals surface area contributed by atoms with Crippen molar-refractivity contribution in [1.29, 1.82) is 0 Å². The minimum atomic E-state index is -1.08. The maximum atomic E-state index is 12.2. The highest BCUT2D eigenvalue weighted by molar-refractivity contribution is 5.92. The van der Waals surface area contributed by atoms with Crippen LogP contribution in [0.1, 0.15) is 18.9 Å². The Morgan fingerprint density at radius 2 is 1.75 bits per heavy atom. The molecular weight excluding hydrogens is 314 g/mol. The van der Waals surface area contributed by atoms with Crippen LogP contribution < -0.4 is 16.0 Å². The van der Waals surface area contributed by atoms with Gasteiger partial charge in [0.15, 0.2) is 0 Å². The molecule has 0 aliphatic carbocycles. The summed E-state index contributed by atoms with van der Waals surface area (Å²) >= 11 is 0. The number of benzene rings is 1. The van der Waals surface area contributed by atoms with Gasteiger partial charge in [-0.2, -0.15) is 0 Å². The molecule has 130 valence electrons. The zero-order chi connectivity index (χ0) is 17.9. The van der Waals surface area contributed by atoms with E-state index < -0.39 is 23.8 Å². The van der Waals surface area contributed by atoms with Gasteiger partial charge in [-0.1, -0.05) is 30.3 Å². The summed E-state index contributed by atoms with van der Waals surface area (Å²) in [6.45, 7) is 1.25. The van der Waals surface area contributed by atoms with Gasteiger partial charge in [-0.05, 0) is 5.56 Å². The Bertz CT molecular complexity index is 589. The van der Waals surface area contributed by atoms with E-state index in [4.69, 9.17) is 0 Å². The predicted molar refractivity (Wildman–Crippen MR) is 85.5 cm³/mol. The third-order valence-electron chi connectivity index (χ3n) is 3.06. The van der Waals surface area contributed by atoms with Crippen LogP contribution in [-0.4, -0.2) is 43.4 Å². The van der Waals surface area contributed by atoms with Crippen molar-refractivity contribution in [1.82, 2.24) is 16.0 Å². The van der Waals surface area contributed by atoms with E-state index in [1.165, 1.54) is 14.0 Å². The van der Waals surface area contributed by atoms with Crippen LogP contribution >= 0.6 is 0 Å². The number of amides is 3. The minimum Gasteiger partial charge on any atom is -0.469 e. The van der Waals surface area contributed by atoms with Crippen LogP contribution in [0.2, 0.25) is 0 Å². The number of carbonyl (C=O) groups excluding carboxylic acids is 4. The summed E-state index contributed by atoms with van der Waals surface area (Å²) in [5.41, 5.74) is 0.882. The maximum Gasteiger partial charge on any atom is 0.308 e. The normalized spacial score (nSPS) is 11.1. The van der Waals surface area contributed by atoms with Crippen LogP contribution in [0.5, 0.6) is 0 Å². The van der Waals surface area contributed by atoms with Crippen molar-refractivity contribution in [3.63, 3.8) is 0 Å². The van der Waals surface area contributed by atoms with Gasteiger partial charge in [-0.25, -0.2) is 0 Å². The van der Waals surface area contributed by atoms with Crippen molar-refractivity contribution >= 4 is 23.7 Å². The quantitative estimate of drug-likeness (QED) is 0.554. The number of esters is 1. The Balaban J connectivity index is 2.62. The molecule has 24 heavy (non-hydrogen) atoms. The van der Waals surface area contributed by atoms with Crippen LogP contribution in [0.15, 0.2) is 30.3 Å². The Morgan fingerprint density at radius 1 is 1.08 bits per heavy atom. The van der Waals surface area contributed by atoms with Crippen molar-refractivity contribution in [3.05, 3.63) is 35.9 Å². The van der Waals surface area contributed by atoms with Gasteiger partial charge in [0.1, 0.15) is 6.04 Å². The first-order valence-electron chi connectivity index (χ1n) is 7.34. The largest absolute Gasteiger partial charge is 0.469 e. The molecule has 0 radical (unpaired) electrons. The molecule has 0 saturated carbocycles. The van der Waals surface area contributed by atoms with Gasteiger partial charge in [-0.15, -0.1) is 0 Å². The third kappa shape index (κ3) is 7.39. The van der Waals surface area contributed by atoms with Gasteiger partial charge in [0.05, 0.1) is 20.1 Å². The molecule has 8 nitrogen and oxygen atoms in total. The average Bonchev–Trinajstić information content (AvgIpc) is 2.58. The smallest absolute Gasteiger partial charge is 0.308 e. The molecule has 3 amide bonds. The molecule has 1 aromatic carbocycles. The first-order valence-corrected chi connectivity index (χ1v) is 7.34. The first-order chi connectivity index (χ1) is 11.4. The van der Waals surface area contributed by atoms with E-state index in [-0.39, 0.29) is 25.4 Å². The topological polar surface area (TPSA) is 114 Å². The minimum absolute atomic E-state index is 0.263. The fourth-order valence-corrected chi connectivity index (χ4v) is 1.82. The summed E-state index contributed by atoms with van der Waals surface area (Å²) in [5.74, 6) is -2.09. The second-order valence-electron chi connectivity index (χ2n) is 5.01. The molecule has 0 heterocycles. The summed E-state index contributed by atoms with van der Waals surface area (Å²) in [7, 11) is 1.19. The van der Waals surface area contributed by atoms with E-state index in [1.54, 1.807) is 0 Å². The Kier molecular flexibility index (Phi) is 7.97. The number of nitrogens with one attached hydrogen (secondary N) is 3. The lowest BCUT2D eigenvalue weighted by Gasteiger charge is -2.17. The monoisotopic (exact) mass is 335 g/mol. The van der Waals surface area contributed by atoms with Gasteiger partial charge in [0.25, 0.3) is 0 Å². The lowest BCUT2D eigenvalue weighted by molar-refractivity contribution is -0.143. The highest BCUT2D eigenvalue weighted by Gasteiger charge is 2.24. The average molecular weight is 335 g/mol. The molecule has 1 rings (SSSR count). The van der Waals surface area contributed by atoms with Crippen molar-refractivity contribution < 1.29 is 23.9 Å². The summed E-state index contributed by atoms with van der Waals surface area (Å²) in [5, 5.41) is 7.37. The Labute approximate surface area is 139 Å². The van der Waals surface area contributed by atoms with Gasteiger partial charge < -0.3 is 20.7 Å². The molecule has 3 N–H and O–H groups in total. The number of carbonyl (C=O) groups is 4. The van der Waals surface area contributed by atoms with Crippen molar-refractivity contribution in [2.45, 2.75) is 25.9 Å². The lowest BCUT2D eigenvalue weighted by atomic mass is 10.1. The molecule has 0 fully saturated rings. The molecule has 0 saturated heterocycles. The number of rotatable bonds is 8. The molecule has 0 aliphatic heterocycles. The number of hydrogen-bond acceptors (Lipinski definition) is 5. The summed E-state index contributed by atoms with van der Waals surface area (Å²) < 4.78 is 4.53. The van der Waals surface area contributed by atoms with E-state index in [9.17, 15) is 19.2 Å². The molecule has 1 atom stereocenters. The number of ether oxygens (including phenoxy) is 1. The molecule has 0 spiro atoms. The standard InChI is InChI=1S/C16H21N3O5/c1-11(20)17-10-14(21)19-13(8-15(22)24-2)16(23)18-9-12-6-4-3-5-7-12/h3-7,13H,8-10H2,1-2H3,(H,17,20)(H,18,23)(H,19,21)/t13-/m0/s1. The van der Waals surface area contributed by atoms with Crippen molar-refractivity contribution in [2.24, 2.45) is 0 Å². The lowest BCUT2D eigenvalue weighted by Crippen LogP contribution is -2.50. The van der Waals surface area contributed by atoms with Gasteiger partial charge in [-0.3, -0.25) is 19.2 Å². The van der Waals surface area contributed by atoms with Crippen molar-refractivity contribution in [3.8, 4) is 0 Å². The third-order valence-corrected chi connectivity index (χ3v) is 3.06. The molecule has 0 aliphatic rings. The molecule has 8 heteroatoms. The van der Waals surface area contributed by atoms with Crippen LogP contribution in [-0.2, 0) is 30.5 Å². The molecule has 0 bridgehead atoms. The molecular formula is C16H21N3O5. The Hall–Kier alpha value is -2.90. The van der Waals surface area contributed by atoms with Crippen LogP contribution in [0.4, 0.5) is 0 Å². The van der Waals surface area contributed by atoms with Crippen LogP contribution in [0.3, 0.4) is 0 Å². The van der Waals surface area contributed by atoms with Crippen LogP contribution in [0.25, 0.3) is 0 Å². The van der Waals surface area contributed by atoms with Gasteiger partial charge in [0, 0.05) is 13.5 Å². The van der Waals surface area contributed by atoms with Crippen LogP contribution in [0, 0.1) is 0 Å². The SMILES string of the molecule is COC(=O)C[C@H](NC(=O)CNC(C)=O)C(=O)NCc1ccccc1. The summed E-state index contributed by atoms with van der Waals surface area (Å²) in [6, 6.07) is 8.12. The summed E-state index contributed by atoms with van der Waals surface area (Å²) in [6.07, 6.45) is -0.303. The molecule has 0 aromatic heterocycles. The predicted octanol–water partition coefficient (Wildman–Crippen LogP) is -0.513. The second-order valence-corrected chi connectivity index (χ2v) is 5.01. The zero-order valence-electron chi connectivity index (χ0n) is 13.6. The van der Waals surface area contributed by atoms with Crippen molar-refractivity contribution in [2.75, 3.05) is 13.7 Å². The highest BCUT2D eigenvalue weighted by Crippen LogP contribution is 2.00. The van der Waals surface area contributed by atoms with E-state index >= 15 is 0 Å². The number of methoxy groups -OCH3 is 1. The van der Waals surface area contributed by atoms with Gasteiger partial charge in [0.2, 0.25) is 17.7 Å². The van der Waals surface area contributed by atoms with E-state index in [2.05, 4.69) is 20.7 Å². The van der Waals surface area contributed by atoms with E-state index in [0.717, 1.165) is 5.56 Å². The fourth-order valence-electron chi connectivity index (χ4n) is 1.82. The second kappa shape index (κ2) is 9.98. The van der Waals surface area contributed by atoms with E-state index in [1.807, 2.05) is 30.3 Å². The number of hydrogen-bond donors (Lipinski definition) is 3. The Morgan fingerprint density at radius 3 is 2.33 bits per heavy atom. The maximum absolute atomic E-state index is 12.2. The fraction of sp³-hybridized carbons (Fsp3) is 0.375. The highest BCUT2D eigenvalue weighted by atomic mass is 16.5. The van der Waals surface area contributed by atoms with E-state index in [0.29, 0.717) is 0 Å². The zero-order valence-corrected chi connectivity index (χ0v) is 13.6.